The van der Waals surface area contributed by atoms with Gasteiger partial charge in [0.05, 0.1) is 19.8 Å². The number of carboxylic acids is 1. The standard InChI is InChI=1S/C17H11Br2ClN2O4/c18-11-5-8(1-4-14(23)24)6-12(19)15(11)26-9-2-3-13-10(7-9)16(25)22-17(20)21-13/h2-3,5-7H,1,4H2,(H,23,24)(H,21,22,25). The van der Waals surface area contributed by atoms with E-state index in [0.29, 0.717) is 37.8 Å². The molecule has 1 aromatic heterocycles. The smallest absolute Gasteiger partial charge is 0.303 e. The van der Waals surface area contributed by atoms with E-state index in [0.717, 1.165) is 5.56 Å². The number of aliphatic carboxylic acids is 1. The summed E-state index contributed by atoms with van der Waals surface area (Å²) in [6.45, 7) is 0. The van der Waals surface area contributed by atoms with Gasteiger partial charge in [-0.25, -0.2) is 4.98 Å². The molecule has 2 aromatic carbocycles. The summed E-state index contributed by atoms with van der Waals surface area (Å²) in [5.41, 5.74) is 1.36. The van der Waals surface area contributed by atoms with Gasteiger partial charge in [0.2, 0.25) is 11.2 Å². The average Bonchev–Trinajstić information content (AvgIpc) is 2.56. The van der Waals surface area contributed by atoms with Gasteiger partial charge < -0.3 is 14.9 Å². The van der Waals surface area contributed by atoms with E-state index < -0.39 is 5.97 Å². The molecule has 0 fully saturated rings. The maximum atomic E-state index is 10.7. The van der Waals surface area contributed by atoms with Crippen LogP contribution >= 0.6 is 43.5 Å². The summed E-state index contributed by atoms with van der Waals surface area (Å²) in [5, 5.41) is 19.1. The second-order valence-corrected chi connectivity index (χ2v) is 7.43. The summed E-state index contributed by atoms with van der Waals surface area (Å²) in [5.74, 6) is -0.0836. The van der Waals surface area contributed by atoms with E-state index in [1.807, 2.05) is 12.1 Å². The lowest BCUT2D eigenvalue weighted by atomic mass is 10.1. The highest BCUT2D eigenvalue weighted by Gasteiger charge is 2.13. The molecule has 0 atom stereocenters. The van der Waals surface area contributed by atoms with E-state index in [4.69, 9.17) is 21.4 Å². The highest BCUT2D eigenvalue weighted by molar-refractivity contribution is 9.11. The first kappa shape index (κ1) is 18.9. The van der Waals surface area contributed by atoms with E-state index in [1.54, 1.807) is 18.2 Å². The van der Waals surface area contributed by atoms with Gasteiger partial charge in [-0.3, -0.25) is 4.79 Å². The van der Waals surface area contributed by atoms with Crippen molar-refractivity contribution >= 4 is 60.3 Å². The largest absolute Gasteiger partial charge is 0.493 e. The third kappa shape index (κ3) is 4.25. The minimum Gasteiger partial charge on any atom is -0.493 e. The van der Waals surface area contributed by atoms with Gasteiger partial charge in [-0.2, -0.15) is 4.98 Å². The molecular formula is C17H11Br2ClN2O4. The normalized spacial score (nSPS) is 10.9. The van der Waals surface area contributed by atoms with Crippen molar-refractivity contribution < 1.29 is 19.7 Å². The average molecular weight is 503 g/mol. The summed E-state index contributed by atoms with van der Waals surface area (Å²) in [6, 6.07) is 8.59. The van der Waals surface area contributed by atoms with Crippen LogP contribution in [0.2, 0.25) is 5.28 Å². The van der Waals surface area contributed by atoms with Gasteiger partial charge in [0, 0.05) is 6.42 Å². The fourth-order valence-electron chi connectivity index (χ4n) is 2.35. The Morgan fingerprint density at radius 1 is 1.15 bits per heavy atom. The maximum Gasteiger partial charge on any atom is 0.303 e. The van der Waals surface area contributed by atoms with Gasteiger partial charge in [0.25, 0.3) is 0 Å². The molecule has 0 aliphatic rings. The number of aromatic nitrogens is 2. The van der Waals surface area contributed by atoms with Crippen LogP contribution in [-0.2, 0) is 11.2 Å². The van der Waals surface area contributed by atoms with Crippen LogP contribution in [-0.4, -0.2) is 26.2 Å². The molecular weight excluding hydrogens is 491 g/mol. The van der Waals surface area contributed by atoms with Crippen molar-refractivity contribution in [3.63, 3.8) is 0 Å². The summed E-state index contributed by atoms with van der Waals surface area (Å²) in [6.07, 6.45) is 0.459. The number of aryl methyl sites for hydroxylation is 1. The quantitative estimate of drug-likeness (QED) is 0.459. The molecule has 1 heterocycles. The van der Waals surface area contributed by atoms with Crippen molar-refractivity contribution in [3.05, 3.63) is 50.1 Å². The zero-order chi connectivity index (χ0) is 18.8. The zero-order valence-electron chi connectivity index (χ0n) is 13.0. The molecule has 2 N–H and O–H groups in total. The lowest BCUT2D eigenvalue weighted by molar-refractivity contribution is -0.136. The molecule has 3 aromatic rings. The van der Waals surface area contributed by atoms with Crippen LogP contribution < -0.4 is 4.74 Å². The van der Waals surface area contributed by atoms with Crippen LogP contribution in [0.3, 0.4) is 0 Å². The topological polar surface area (TPSA) is 92.5 Å². The van der Waals surface area contributed by atoms with Crippen LogP contribution in [0.4, 0.5) is 0 Å². The molecule has 9 heteroatoms. The minimum atomic E-state index is -0.851. The van der Waals surface area contributed by atoms with Gasteiger partial charge in [0.15, 0.2) is 5.75 Å². The third-order valence-corrected chi connectivity index (χ3v) is 4.87. The number of nitrogens with zero attached hydrogens (tertiary/aromatic N) is 2. The Labute approximate surface area is 170 Å². The van der Waals surface area contributed by atoms with Crippen molar-refractivity contribution in [1.29, 1.82) is 0 Å². The van der Waals surface area contributed by atoms with Gasteiger partial charge in [-0.15, -0.1) is 0 Å². The van der Waals surface area contributed by atoms with Gasteiger partial charge in [0.1, 0.15) is 5.75 Å². The highest BCUT2D eigenvalue weighted by Crippen LogP contribution is 2.39. The van der Waals surface area contributed by atoms with Crippen molar-refractivity contribution in [3.8, 4) is 17.4 Å². The number of carbonyl (C=O) groups is 1. The summed E-state index contributed by atoms with van der Waals surface area (Å²) in [7, 11) is 0. The Hall–Kier alpha value is -1.90. The second-order valence-electron chi connectivity index (χ2n) is 5.38. The number of rotatable bonds is 5. The van der Waals surface area contributed by atoms with Crippen LogP contribution in [0.5, 0.6) is 17.4 Å². The Morgan fingerprint density at radius 3 is 2.50 bits per heavy atom. The summed E-state index contributed by atoms with van der Waals surface area (Å²) in [4.78, 5) is 18.5. The fraction of sp³-hybridized carbons (Fsp3) is 0.118. The van der Waals surface area contributed by atoms with E-state index in [1.165, 1.54) is 0 Å². The maximum absolute atomic E-state index is 10.7. The molecule has 0 unspecified atom stereocenters. The first-order valence-electron chi connectivity index (χ1n) is 7.37. The minimum absolute atomic E-state index is 0.0360. The predicted molar refractivity (Wildman–Crippen MR) is 104 cm³/mol. The van der Waals surface area contributed by atoms with Crippen LogP contribution in [0.1, 0.15) is 12.0 Å². The SMILES string of the molecule is O=C(O)CCc1cc(Br)c(Oc2ccc3nc(Cl)nc(O)c3c2)c(Br)c1. The van der Waals surface area contributed by atoms with Gasteiger partial charge in [-0.1, -0.05) is 0 Å². The van der Waals surface area contributed by atoms with E-state index in [9.17, 15) is 9.90 Å². The molecule has 0 amide bonds. The molecule has 0 saturated carbocycles. The third-order valence-electron chi connectivity index (χ3n) is 3.53. The van der Waals surface area contributed by atoms with Crippen molar-refractivity contribution in [1.82, 2.24) is 9.97 Å². The van der Waals surface area contributed by atoms with Crippen molar-refractivity contribution in [2.24, 2.45) is 0 Å². The zero-order valence-corrected chi connectivity index (χ0v) is 17.0. The monoisotopic (exact) mass is 500 g/mol. The van der Waals surface area contributed by atoms with E-state index in [2.05, 4.69) is 41.8 Å². The molecule has 0 aliphatic heterocycles. The molecule has 134 valence electrons. The predicted octanol–water partition coefficient (Wildman–Crippen LogP) is 5.32. The number of carboxylic acid groups (broad SMARTS) is 1. The van der Waals surface area contributed by atoms with Crippen LogP contribution in [0, 0.1) is 0 Å². The Morgan fingerprint density at radius 2 is 1.85 bits per heavy atom. The van der Waals surface area contributed by atoms with E-state index in [-0.39, 0.29) is 17.6 Å². The molecule has 26 heavy (non-hydrogen) atoms. The van der Waals surface area contributed by atoms with Gasteiger partial charge >= 0.3 is 5.97 Å². The van der Waals surface area contributed by atoms with Crippen LogP contribution in [0.25, 0.3) is 10.9 Å². The summed E-state index contributed by atoms with van der Waals surface area (Å²) < 4.78 is 7.24. The second kappa shape index (κ2) is 7.77. The van der Waals surface area contributed by atoms with Crippen molar-refractivity contribution in [2.75, 3.05) is 0 Å². The fourth-order valence-corrected chi connectivity index (χ4v) is 3.96. The Kier molecular flexibility index (Phi) is 5.64. The molecule has 3 rings (SSSR count). The number of halogens is 3. The molecule has 0 bridgehead atoms. The number of benzene rings is 2. The summed E-state index contributed by atoms with van der Waals surface area (Å²) >= 11 is 12.6. The number of hydrogen-bond acceptors (Lipinski definition) is 5. The van der Waals surface area contributed by atoms with Gasteiger partial charge in [-0.05, 0) is 85.8 Å². The molecule has 6 nitrogen and oxygen atoms in total. The molecule has 0 radical (unpaired) electrons. The highest BCUT2D eigenvalue weighted by atomic mass is 79.9. The molecule has 0 saturated heterocycles. The first-order valence-corrected chi connectivity index (χ1v) is 9.33. The number of ether oxygens (including phenoxy) is 1. The Balaban J connectivity index is 1.91. The number of fused-ring (bicyclic) bond motifs is 1. The molecule has 0 spiro atoms. The Bertz CT molecular complexity index is 990. The number of hydrogen-bond donors (Lipinski definition) is 2. The lowest BCUT2D eigenvalue weighted by Gasteiger charge is -2.12. The number of aromatic hydroxyl groups is 1. The lowest BCUT2D eigenvalue weighted by Crippen LogP contribution is -1.98. The van der Waals surface area contributed by atoms with Crippen LogP contribution in [0.15, 0.2) is 39.3 Å². The van der Waals surface area contributed by atoms with E-state index >= 15 is 0 Å². The van der Waals surface area contributed by atoms with Crippen molar-refractivity contribution in [2.45, 2.75) is 12.8 Å². The molecule has 0 aliphatic carbocycles. The first-order chi connectivity index (χ1) is 12.3.